The normalized spacial score (nSPS) is 11.4. The van der Waals surface area contributed by atoms with Gasteiger partial charge in [-0.25, -0.2) is 0 Å². The van der Waals surface area contributed by atoms with Gasteiger partial charge in [-0.15, -0.1) is 0 Å². The van der Waals surface area contributed by atoms with E-state index in [2.05, 4.69) is 83.1 Å². The molecule has 0 aromatic carbocycles. The molecular weight excluding hydrogens is 800 g/mol. The van der Waals surface area contributed by atoms with Crippen molar-refractivity contribution in [2.45, 2.75) is 263 Å². The Morgan fingerprint density at radius 1 is 0.263 bits per heavy atom. The van der Waals surface area contributed by atoms with Crippen LogP contribution in [0.25, 0.3) is 0 Å². The van der Waals surface area contributed by atoms with Gasteiger partial charge in [-0.1, -0.05) is 186 Å². The first-order chi connectivity index (χ1) is 25.7. The first kappa shape index (κ1) is 64.7. The van der Waals surface area contributed by atoms with E-state index >= 15 is 0 Å². The maximum Gasteiger partial charge on any atom is 4.00 e. The first-order valence-electron chi connectivity index (χ1n) is 22.5. The third-order valence-corrected chi connectivity index (χ3v) is 9.23. The number of carbonyl (C=O) groups is 4. The van der Waals surface area contributed by atoms with E-state index in [1.807, 2.05) is 0 Å². The minimum absolute atomic E-state index is 0. The van der Waals surface area contributed by atoms with Crippen LogP contribution in [0.4, 0.5) is 0 Å². The van der Waals surface area contributed by atoms with Crippen molar-refractivity contribution < 1.29 is 60.7 Å². The third-order valence-electron chi connectivity index (χ3n) is 9.23. The molecule has 9 heteroatoms. The summed E-state index contributed by atoms with van der Waals surface area (Å²) in [6.45, 7) is 27.0. The van der Waals surface area contributed by atoms with Gasteiger partial charge in [0.2, 0.25) is 0 Å². The number of aliphatic carboxylic acids is 4. The summed E-state index contributed by atoms with van der Waals surface area (Å²) in [4.78, 5) is 40.4. The summed E-state index contributed by atoms with van der Waals surface area (Å²) in [5.41, 5.74) is 1.74. The molecule has 0 atom stereocenters. The average molecular weight is 893 g/mol. The Morgan fingerprint density at radius 3 is 0.509 bits per heavy atom. The molecular formula is C48H92MoO8. The van der Waals surface area contributed by atoms with E-state index in [9.17, 15) is 39.6 Å². The number of carboxylic acid groups (broad SMARTS) is 4. The summed E-state index contributed by atoms with van der Waals surface area (Å²) < 4.78 is 0. The van der Waals surface area contributed by atoms with Crippen molar-refractivity contribution in [1.29, 1.82) is 0 Å². The molecule has 0 aromatic rings. The number of hydrogen-bond donors (Lipinski definition) is 0. The minimum Gasteiger partial charge on any atom is -0.550 e. The van der Waals surface area contributed by atoms with Crippen molar-refractivity contribution in [2.24, 2.45) is 21.7 Å². The van der Waals surface area contributed by atoms with Gasteiger partial charge in [0, 0.05) is 23.9 Å². The molecule has 0 fully saturated rings. The minimum atomic E-state index is -0.917. The van der Waals surface area contributed by atoms with Crippen LogP contribution in [0.3, 0.4) is 0 Å². The van der Waals surface area contributed by atoms with Crippen LogP contribution in [0, 0.1) is 21.7 Å². The Kier molecular flexibility index (Phi) is 45.4. The topological polar surface area (TPSA) is 161 Å². The molecule has 0 amide bonds. The first-order valence-corrected chi connectivity index (χ1v) is 22.5. The Bertz CT molecular complexity index is 784. The molecule has 8 nitrogen and oxygen atoms in total. The molecule has 0 bridgehead atoms. The predicted octanol–water partition coefficient (Wildman–Crippen LogP) is 10.0. The summed E-state index contributed by atoms with van der Waals surface area (Å²) >= 11 is 0. The van der Waals surface area contributed by atoms with Crippen LogP contribution in [0.1, 0.15) is 263 Å². The van der Waals surface area contributed by atoms with Crippen molar-refractivity contribution in [3.05, 3.63) is 0 Å². The number of rotatable bonds is 28. The Labute approximate surface area is 367 Å². The molecule has 0 N–H and O–H groups in total. The van der Waals surface area contributed by atoms with Gasteiger partial charge in [-0.05, 0) is 98.7 Å². The zero-order valence-corrected chi connectivity index (χ0v) is 41.5. The molecule has 57 heavy (non-hydrogen) atoms. The zero-order valence-electron chi connectivity index (χ0n) is 39.5. The van der Waals surface area contributed by atoms with Crippen molar-refractivity contribution in [2.75, 3.05) is 0 Å². The van der Waals surface area contributed by atoms with Crippen LogP contribution in [0.5, 0.6) is 0 Å². The van der Waals surface area contributed by atoms with Gasteiger partial charge in [-0.3, -0.25) is 0 Å². The fourth-order valence-electron chi connectivity index (χ4n) is 5.82. The van der Waals surface area contributed by atoms with Crippen LogP contribution in [-0.4, -0.2) is 23.9 Å². The van der Waals surface area contributed by atoms with Gasteiger partial charge in [0.1, 0.15) is 0 Å². The molecule has 0 aromatic heterocycles. The van der Waals surface area contributed by atoms with E-state index in [4.69, 9.17) is 0 Å². The third kappa shape index (κ3) is 83.2. The van der Waals surface area contributed by atoms with Gasteiger partial charge >= 0.3 is 21.1 Å². The number of carboxylic acids is 4. The summed E-state index contributed by atoms with van der Waals surface area (Å²) in [5, 5.41) is 40.4. The quantitative estimate of drug-likeness (QED) is 0.0554. The van der Waals surface area contributed by atoms with E-state index < -0.39 is 23.9 Å². The molecule has 0 saturated carbocycles. The van der Waals surface area contributed by atoms with Crippen LogP contribution in [-0.2, 0) is 40.2 Å². The van der Waals surface area contributed by atoms with E-state index in [1.165, 1.54) is 77.0 Å². The van der Waals surface area contributed by atoms with Crippen LogP contribution in [0.2, 0.25) is 0 Å². The second-order valence-electron chi connectivity index (χ2n) is 20.8. The maximum atomic E-state index is 10.1. The molecule has 338 valence electrons. The Balaban J connectivity index is -0.000000210. The Morgan fingerprint density at radius 2 is 0.386 bits per heavy atom. The van der Waals surface area contributed by atoms with Crippen LogP contribution < -0.4 is 20.4 Å². The maximum absolute atomic E-state index is 10.1. The van der Waals surface area contributed by atoms with E-state index in [1.54, 1.807) is 0 Å². The van der Waals surface area contributed by atoms with Gasteiger partial charge < -0.3 is 39.6 Å². The molecule has 0 aliphatic heterocycles. The van der Waals surface area contributed by atoms with Gasteiger partial charge in [0.05, 0.1) is 0 Å². The van der Waals surface area contributed by atoms with E-state index in [0.29, 0.717) is 21.7 Å². The Hall–Kier alpha value is -1.43. The van der Waals surface area contributed by atoms with Gasteiger partial charge in [0.15, 0.2) is 0 Å². The standard InChI is InChI=1S/4C12H24O2.Mo/c4*1-12(2,3)10-8-6-4-5-7-9-11(13)14;/h4*4-10H2,1-3H3,(H,13,14);/q;;;;+4/p-4. The monoisotopic (exact) mass is 895 g/mol. The summed E-state index contributed by atoms with van der Waals surface area (Å²) in [6, 6.07) is 0. The second kappa shape index (κ2) is 40.0. The SMILES string of the molecule is CC(C)(C)CCCCCCCC(=O)[O-].CC(C)(C)CCCCCCCC(=O)[O-].CC(C)(C)CCCCCCCC(=O)[O-].CC(C)(C)CCCCCCCC(=O)[O-].[Mo+4]. The van der Waals surface area contributed by atoms with Gasteiger partial charge in [-0.2, -0.15) is 0 Å². The molecule has 0 unspecified atom stereocenters. The fourth-order valence-corrected chi connectivity index (χ4v) is 5.82. The van der Waals surface area contributed by atoms with Crippen molar-refractivity contribution in [1.82, 2.24) is 0 Å². The molecule has 0 aliphatic carbocycles. The van der Waals surface area contributed by atoms with Crippen molar-refractivity contribution in [3.63, 3.8) is 0 Å². The smallest absolute Gasteiger partial charge is 0.550 e. The fraction of sp³-hybridized carbons (Fsp3) is 0.917. The molecule has 0 radical (unpaired) electrons. The van der Waals surface area contributed by atoms with E-state index in [0.717, 1.165) is 77.0 Å². The van der Waals surface area contributed by atoms with Gasteiger partial charge in [0.25, 0.3) is 0 Å². The summed E-state index contributed by atoms with van der Waals surface area (Å²) in [5.74, 6) is -3.67. The van der Waals surface area contributed by atoms with Crippen LogP contribution >= 0.6 is 0 Å². The number of hydrogen-bond acceptors (Lipinski definition) is 8. The largest absolute Gasteiger partial charge is 4.00 e. The molecule has 0 saturated heterocycles. The molecule has 0 spiro atoms. The summed E-state index contributed by atoms with van der Waals surface area (Å²) in [6.07, 6.45) is 27.7. The van der Waals surface area contributed by atoms with Crippen LogP contribution in [0.15, 0.2) is 0 Å². The molecule has 0 aliphatic rings. The molecule has 0 rings (SSSR count). The second-order valence-corrected chi connectivity index (χ2v) is 20.8. The zero-order chi connectivity index (χ0) is 44.1. The number of carbonyl (C=O) groups excluding carboxylic acids is 4. The average Bonchev–Trinajstić information content (AvgIpc) is 3.01. The van der Waals surface area contributed by atoms with E-state index in [-0.39, 0.29) is 46.7 Å². The molecule has 0 heterocycles. The predicted molar refractivity (Wildman–Crippen MR) is 227 cm³/mol. The van der Waals surface area contributed by atoms with Crippen molar-refractivity contribution >= 4 is 23.9 Å². The van der Waals surface area contributed by atoms with Crippen molar-refractivity contribution in [3.8, 4) is 0 Å². The summed E-state index contributed by atoms with van der Waals surface area (Å²) in [7, 11) is 0. The number of unbranched alkanes of at least 4 members (excludes halogenated alkanes) is 16.